The average molecular weight is 416 g/mol. The molecular formula is C21H18F2N2O3S. The van der Waals surface area contributed by atoms with Crippen LogP contribution in [0.25, 0.3) is 0 Å². The number of amides is 1. The molecule has 3 rings (SSSR count). The fourth-order valence-electron chi connectivity index (χ4n) is 2.79. The van der Waals surface area contributed by atoms with Gasteiger partial charge in [-0.2, -0.15) is 0 Å². The lowest BCUT2D eigenvalue weighted by Gasteiger charge is -2.24. The van der Waals surface area contributed by atoms with Crippen LogP contribution in [0.1, 0.15) is 15.9 Å². The minimum atomic E-state index is -3.73. The fourth-order valence-corrected chi connectivity index (χ4v) is 3.69. The standard InChI is InChI=1S/C21H18F2N2O3S/c1-29(27,28)25(14-15-7-3-2-4-8-15)20-10-6-5-9-17(20)21(26)24-19-12-11-16(22)13-18(19)23/h2-13H,14H2,1H3,(H,24,26). The van der Waals surface area contributed by atoms with Gasteiger partial charge in [-0.15, -0.1) is 0 Å². The number of para-hydroxylation sites is 1. The van der Waals surface area contributed by atoms with Crippen molar-refractivity contribution >= 4 is 27.3 Å². The van der Waals surface area contributed by atoms with E-state index >= 15 is 0 Å². The molecule has 3 aromatic carbocycles. The van der Waals surface area contributed by atoms with Crippen LogP contribution in [0.2, 0.25) is 0 Å². The van der Waals surface area contributed by atoms with Gasteiger partial charge >= 0.3 is 0 Å². The molecule has 1 N–H and O–H groups in total. The Labute approximate surface area is 167 Å². The monoisotopic (exact) mass is 416 g/mol. The van der Waals surface area contributed by atoms with E-state index in [0.29, 0.717) is 6.07 Å². The van der Waals surface area contributed by atoms with Crippen molar-refractivity contribution < 1.29 is 22.0 Å². The number of benzene rings is 3. The molecule has 0 aliphatic rings. The highest BCUT2D eigenvalue weighted by atomic mass is 32.2. The number of sulfonamides is 1. The van der Waals surface area contributed by atoms with Gasteiger partial charge < -0.3 is 5.32 Å². The summed E-state index contributed by atoms with van der Waals surface area (Å²) in [6.07, 6.45) is 1.05. The van der Waals surface area contributed by atoms with Crippen LogP contribution >= 0.6 is 0 Å². The van der Waals surface area contributed by atoms with E-state index in [2.05, 4.69) is 5.32 Å². The summed E-state index contributed by atoms with van der Waals surface area (Å²) in [6, 6.07) is 17.8. The second-order valence-corrected chi connectivity index (χ2v) is 8.26. The molecule has 0 aliphatic heterocycles. The number of anilines is 2. The van der Waals surface area contributed by atoms with E-state index in [0.717, 1.165) is 28.3 Å². The molecule has 0 unspecified atom stereocenters. The van der Waals surface area contributed by atoms with Gasteiger partial charge in [-0.1, -0.05) is 42.5 Å². The third-order valence-electron chi connectivity index (χ3n) is 4.17. The minimum Gasteiger partial charge on any atom is -0.319 e. The quantitative estimate of drug-likeness (QED) is 0.656. The van der Waals surface area contributed by atoms with Gasteiger partial charge in [0, 0.05) is 6.07 Å². The van der Waals surface area contributed by atoms with Gasteiger partial charge in [0.05, 0.1) is 29.7 Å². The number of hydrogen-bond donors (Lipinski definition) is 1. The van der Waals surface area contributed by atoms with Gasteiger partial charge in [-0.3, -0.25) is 9.10 Å². The zero-order chi connectivity index (χ0) is 21.0. The Hall–Kier alpha value is -3.26. The first-order valence-electron chi connectivity index (χ1n) is 8.63. The lowest BCUT2D eigenvalue weighted by Crippen LogP contribution is -2.31. The highest BCUT2D eigenvalue weighted by molar-refractivity contribution is 7.92. The van der Waals surface area contributed by atoms with Crippen LogP contribution < -0.4 is 9.62 Å². The molecule has 150 valence electrons. The fraction of sp³-hybridized carbons (Fsp3) is 0.0952. The maximum absolute atomic E-state index is 13.9. The summed E-state index contributed by atoms with van der Waals surface area (Å²) in [6.45, 7) is 0.0227. The van der Waals surface area contributed by atoms with Gasteiger partial charge in [0.15, 0.2) is 0 Å². The lowest BCUT2D eigenvalue weighted by atomic mass is 10.1. The maximum Gasteiger partial charge on any atom is 0.257 e. The van der Waals surface area contributed by atoms with E-state index in [9.17, 15) is 22.0 Å². The summed E-state index contributed by atoms with van der Waals surface area (Å²) >= 11 is 0. The van der Waals surface area contributed by atoms with E-state index in [1.807, 2.05) is 6.07 Å². The molecule has 0 saturated heterocycles. The lowest BCUT2D eigenvalue weighted by molar-refractivity contribution is 0.102. The van der Waals surface area contributed by atoms with Crippen LogP contribution in [0, 0.1) is 11.6 Å². The van der Waals surface area contributed by atoms with E-state index in [4.69, 9.17) is 0 Å². The molecule has 0 saturated carbocycles. The molecule has 8 heteroatoms. The van der Waals surface area contributed by atoms with Gasteiger partial charge in [0.25, 0.3) is 5.91 Å². The minimum absolute atomic E-state index is 0.0227. The number of nitrogens with one attached hydrogen (secondary N) is 1. The van der Waals surface area contributed by atoms with Crippen molar-refractivity contribution in [2.45, 2.75) is 6.54 Å². The molecule has 0 heterocycles. The van der Waals surface area contributed by atoms with Gasteiger partial charge in [-0.05, 0) is 29.8 Å². The summed E-state index contributed by atoms with van der Waals surface area (Å²) in [5.74, 6) is -2.42. The van der Waals surface area contributed by atoms with Crippen LogP contribution in [0.5, 0.6) is 0 Å². The molecule has 5 nitrogen and oxygen atoms in total. The highest BCUT2D eigenvalue weighted by Gasteiger charge is 2.24. The van der Waals surface area contributed by atoms with Crippen LogP contribution in [0.15, 0.2) is 72.8 Å². The number of carbonyl (C=O) groups is 1. The van der Waals surface area contributed by atoms with Crippen LogP contribution in [-0.2, 0) is 16.6 Å². The largest absolute Gasteiger partial charge is 0.319 e. The third kappa shape index (κ3) is 4.97. The number of carbonyl (C=O) groups excluding carboxylic acids is 1. The summed E-state index contributed by atoms with van der Waals surface area (Å²) in [5.41, 5.74) is 0.717. The first kappa shape index (κ1) is 20.5. The van der Waals surface area contributed by atoms with E-state index < -0.39 is 27.6 Å². The summed E-state index contributed by atoms with van der Waals surface area (Å²) in [7, 11) is -3.73. The zero-order valence-electron chi connectivity index (χ0n) is 15.5. The Morgan fingerprint density at radius 1 is 0.966 bits per heavy atom. The molecule has 0 aromatic heterocycles. The van der Waals surface area contributed by atoms with Crippen LogP contribution in [0.4, 0.5) is 20.2 Å². The molecule has 0 bridgehead atoms. The Morgan fingerprint density at radius 3 is 2.28 bits per heavy atom. The van der Waals surface area contributed by atoms with Crippen molar-refractivity contribution in [3.63, 3.8) is 0 Å². The van der Waals surface area contributed by atoms with Crippen molar-refractivity contribution in [1.29, 1.82) is 0 Å². The average Bonchev–Trinajstić information content (AvgIpc) is 2.68. The molecule has 1 amide bonds. The predicted octanol–water partition coefficient (Wildman–Crippen LogP) is 4.18. The zero-order valence-corrected chi connectivity index (χ0v) is 16.3. The normalized spacial score (nSPS) is 11.1. The maximum atomic E-state index is 13.9. The third-order valence-corrected chi connectivity index (χ3v) is 5.29. The van der Waals surface area contributed by atoms with Crippen molar-refractivity contribution in [2.75, 3.05) is 15.9 Å². The number of rotatable bonds is 6. The van der Waals surface area contributed by atoms with Gasteiger partial charge in [0.1, 0.15) is 11.6 Å². The van der Waals surface area contributed by atoms with Crippen molar-refractivity contribution in [1.82, 2.24) is 0 Å². The van der Waals surface area contributed by atoms with Crippen LogP contribution in [0.3, 0.4) is 0 Å². The van der Waals surface area contributed by atoms with Gasteiger partial charge in [-0.25, -0.2) is 17.2 Å². The number of nitrogens with zero attached hydrogens (tertiary/aromatic N) is 1. The predicted molar refractivity (Wildman–Crippen MR) is 108 cm³/mol. The van der Waals surface area contributed by atoms with Crippen molar-refractivity contribution in [2.24, 2.45) is 0 Å². The van der Waals surface area contributed by atoms with Crippen molar-refractivity contribution in [3.8, 4) is 0 Å². The van der Waals surface area contributed by atoms with E-state index in [-0.39, 0.29) is 23.5 Å². The Bertz CT molecular complexity index is 1140. The summed E-state index contributed by atoms with van der Waals surface area (Å²) < 4.78 is 53.0. The summed E-state index contributed by atoms with van der Waals surface area (Å²) in [5, 5.41) is 2.36. The Balaban J connectivity index is 1.98. The smallest absolute Gasteiger partial charge is 0.257 e. The molecule has 0 atom stereocenters. The first-order chi connectivity index (χ1) is 13.8. The summed E-state index contributed by atoms with van der Waals surface area (Å²) in [4.78, 5) is 12.8. The molecule has 0 aliphatic carbocycles. The Morgan fingerprint density at radius 2 is 1.62 bits per heavy atom. The molecule has 0 spiro atoms. The van der Waals surface area contributed by atoms with E-state index in [1.165, 1.54) is 12.1 Å². The number of halogens is 2. The van der Waals surface area contributed by atoms with E-state index in [1.54, 1.807) is 36.4 Å². The molecule has 0 fully saturated rings. The highest BCUT2D eigenvalue weighted by Crippen LogP contribution is 2.26. The second-order valence-electron chi connectivity index (χ2n) is 6.35. The van der Waals surface area contributed by atoms with Crippen LogP contribution in [-0.4, -0.2) is 20.6 Å². The topological polar surface area (TPSA) is 66.5 Å². The van der Waals surface area contributed by atoms with Crippen molar-refractivity contribution in [3.05, 3.63) is 95.6 Å². The first-order valence-corrected chi connectivity index (χ1v) is 10.5. The van der Waals surface area contributed by atoms with Gasteiger partial charge in [0.2, 0.25) is 10.0 Å². The molecule has 29 heavy (non-hydrogen) atoms. The molecule has 3 aromatic rings. The SMILES string of the molecule is CS(=O)(=O)N(Cc1ccccc1)c1ccccc1C(=O)Nc1ccc(F)cc1F. The second kappa shape index (κ2) is 8.40. The number of hydrogen-bond acceptors (Lipinski definition) is 3. The Kier molecular flexibility index (Phi) is 5.93. The molecule has 0 radical (unpaired) electrons. The molecular weight excluding hydrogens is 398 g/mol.